The number of H-pyrrole nitrogens is 1. The number of hydrogen-bond donors (Lipinski definition) is 5. The monoisotopic (exact) mass is 358 g/mol. The maximum Gasteiger partial charge on any atom is 0.334 e. The van der Waals surface area contributed by atoms with Crippen LogP contribution in [-0.2, 0) is 9.36 Å². The highest BCUT2D eigenvalue weighted by molar-refractivity contribution is 7.52. The molecule has 1 fully saturated rings. The molecular formula is C11H15N6O6P. The number of carbonyl (C=O) groups is 1. The van der Waals surface area contributed by atoms with E-state index in [4.69, 9.17) is 15.5 Å². The molecule has 1 saturated heterocycles. The van der Waals surface area contributed by atoms with Crippen LogP contribution in [0.25, 0.3) is 11.2 Å². The number of aliphatic hydroxyl groups is 1. The van der Waals surface area contributed by atoms with Crippen molar-refractivity contribution in [2.75, 3.05) is 25.0 Å². The summed E-state index contributed by atoms with van der Waals surface area (Å²) in [6.07, 6.45) is -0.635. The number of β-amino-alcohol motifs (C(OH)–C–C–N with tert-alkyl or cyclic N) is 1. The molecule has 24 heavy (non-hydrogen) atoms. The number of nitrogens with zero attached hydrogens (tertiary/aromatic N) is 4. The average Bonchev–Trinajstić information content (AvgIpc) is 3.00. The molecular weight excluding hydrogens is 343 g/mol. The summed E-state index contributed by atoms with van der Waals surface area (Å²) in [4.78, 5) is 52.8. The molecule has 1 amide bonds. The zero-order valence-electron chi connectivity index (χ0n) is 12.2. The van der Waals surface area contributed by atoms with Crippen LogP contribution in [0.3, 0.4) is 0 Å². The molecule has 130 valence electrons. The van der Waals surface area contributed by atoms with E-state index in [0.717, 1.165) is 4.90 Å². The van der Waals surface area contributed by atoms with Crippen molar-refractivity contribution in [3.05, 3.63) is 16.7 Å². The Morgan fingerprint density at radius 1 is 1.46 bits per heavy atom. The molecule has 12 nitrogen and oxygen atoms in total. The van der Waals surface area contributed by atoms with Gasteiger partial charge in [0.2, 0.25) is 11.9 Å². The molecule has 1 aliphatic heterocycles. The lowest BCUT2D eigenvalue weighted by Crippen LogP contribution is -2.32. The van der Waals surface area contributed by atoms with Gasteiger partial charge in [-0.3, -0.25) is 19.1 Å². The van der Waals surface area contributed by atoms with Crippen molar-refractivity contribution >= 4 is 30.6 Å². The molecule has 2 atom stereocenters. The number of nitrogens with one attached hydrogen (secondary N) is 1. The second kappa shape index (κ2) is 5.67. The predicted octanol–water partition coefficient (Wildman–Crippen LogP) is -2.38. The molecule has 2 aromatic heterocycles. The summed E-state index contributed by atoms with van der Waals surface area (Å²) in [5.74, 6) is -0.879. The molecule has 0 saturated carbocycles. The number of amides is 1. The van der Waals surface area contributed by atoms with E-state index in [9.17, 15) is 19.3 Å². The van der Waals surface area contributed by atoms with Gasteiger partial charge in [0.05, 0.1) is 18.5 Å². The summed E-state index contributed by atoms with van der Waals surface area (Å²) in [5.41, 5.74) is 5.18. The summed E-state index contributed by atoms with van der Waals surface area (Å²) in [5, 5.41) is 10.2. The van der Waals surface area contributed by atoms with Gasteiger partial charge in [-0.05, 0) is 0 Å². The fourth-order valence-corrected chi connectivity index (χ4v) is 3.26. The lowest BCUT2D eigenvalue weighted by atomic mass is 10.2. The van der Waals surface area contributed by atoms with Gasteiger partial charge in [0.1, 0.15) is 6.16 Å². The van der Waals surface area contributed by atoms with Gasteiger partial charge in [0.25, 0.3) is 5.56 Å². The Labute approximate surface area is 134 Å². The number of nitrogens with two attached hydrogens (primary N) is 1. The number of imidazole rings is 1. The highest BCUT2D eigenvalue weighted by Crippen LogP contribution is 2.35. The van der Waals surface area contributed by atoms with Gasteiger partial charge in [-0.15, -0.1) is 0 Å². The molecule has 3 heterocycles. The summed E-state index contributed by atoms with van der Waals surface area (Å²) >= 11 is 0. The second-order valence-electron chi connectivity index (χ2n) is 5.53. The standard InChI is InChI=1S/C11H15N6O6P/c12-11-14-9-8(10(20)15-11)13-4-17(9)5-1-16(2-6(5)18)7(19)3-24(21,22)23/h4-6,18H,1-3H2,(H2,21,22,23)(H3,12,14,15,20)/t5-,6+/m1/s1. The predicted molar refractivity (Wildman–Crippen MR) is 81.1 cm³/mol. The molecule has 1 aliphatic rings. The van der Waals surface area contributed by atoms with Crippen LogP contribution in [0.5, 0.6) is 0 Å². The number of hydrogen-bond acceptors (Lipinski definition) is 7. The van der Waals surface area contributed by atoms with Crippen molar-refractivity contribution in [2.45, 2.75) is 12.1 Å². The number of aromatic amines is 1. The Morgan fingerprint density at radius 2 is 2.17 bits per heavy atom. The number of aliphatic hydroxyl groups excluding tert-OH is 1. The zero-order valence-corrected chi connectivity index (χ0v) is 13.1. The molecule has 3 rings (SSSR count). The van der Waals surface area contributed by atoms with Crippen LogP contribution in [-0.4, -0.2) is 70.6 Å². The first-order chi connectivity index (χ1) is 11.2. The summed E-state index contributed by atoms with van der Waals surface area (Å²) in [6, 6.07) is -0.663. The van der Waals surface area contributed by atoms with Crippen molar-refractivity contribution in [3.8, 4) is 0 Å². The van der Waals surface area contributed by atoms with Crippen LogP contribution in [0.2, 0.25) is 0 Å². The van der Waals surface area contributed by atoms with Crippen molar-refractivity contribution < 1.29 is 24.3 Å². The van der Waals surface area contributed by atoms with Gasteiger partial charge >= 0.3 is 7.60 Å². The van der Waals surface area contributed by atoms with Crippen LogP contribution in [0.15, 0.2) is 11.1 Å². The van der Waals surface area contributed by atoms with Crippen LogP contribution in [0.1, 0.15) is 6.04 Å². The van der Waals surface area contributed by atoms with Gasteiger partial charge in [-0.25, -0.2) is 4.98 Å². The minimum atomic E-state index is -4.49. The third-order valence-electron chi connectivity index (χ3n) is 3.76. The number of likely N-dealkylation sites (tertiary alicyclic amines) is 1. The molecule has 2 aromatic rings. The van der Waals surface area contributed by atoms with Crippen molar-refractivity contribution in [1.29, 1.82) is 0 Å². The molecule has 0 spiro atoms. The number of carbonyl (C=O) groups excluding carboxylic acids is 1. The third-order valence-corrected chi connectivity index (χ3v) is 4.44. The van der Waals surface area contributed by atoms with Gasteiger partial charge in [0, 0.05) is 13.1 Å². The van der Waals surface area contributed by atoms with Gasteiger partial charge in [-0.2, -0.15) is 4.98 Å². The zero-order chi connectivity index (χ0) is 17.6. The maximum atomic E-state index is 11.9. The van der Waals surface area contributed by atoms with Crippen LogP contribution in [0.4, 0.5) is 5.95 Å². The quantitative estimate of drug-likeness (QED) is 0.373. The number of rotatable bonds is 3. The summed E-state index contributed by atoms with van der Waals surface area (Å²) in [7, 11) is -4.49. The van der Waals surface area contributed by atoms with E-state index in [2.05, 4.69) is 15.0 Å². The van der Waals surface area contributed by atoms with Gasteiger partial charge in [0.15, 0.2) is 11.2 Å². The first kappa shape index (κ1) is 16.6. The Kier molecular flexibility index (Phi) is 3.92. The van der Waals surface area contributed by atoms with Crippen LogP contribution >= 0.6 is 7.60 Å². The minimum Gasteiger partial charge on any atom is -0.389 e. The molecule has 0 unspecified atom stereocenters. The first-order valence-corrected chi connectivity index (χ1v) is 8.68. The Hall–Kier alpha value is -2.27. The number of nitrogen functional groups attached to an aromatic ring is 1. The van der Waals surface area contributed by atoms with E-state index in [1.165, 1.54) is 10.9 Å². The van der Waals surface area contributed by atoms with Crippen LogP contribution < -0.4 is 11.3 Å². The number of fused-ring (bicyclic) bond motifs is 1. The second-order valence-corrected chi connectivity index (χ2v) is 7.18. The van der Waals surface area contributed by atoms with E-state index in [1.807, 2.05) is 0 Å². The molecule has 0 radical (unpaired) electrons. The third kappa shape index (κ3) is 3.04. The van der Waals surface area contributed by atoms with E-state index >= 15 is 0 Å². The van der Waals surface area contributed by atoms with E-state index in [0.29, 0.717) is 0 Å². The van der Waals surface area contributed by atoms with Gasteiger partial charge < -0.3 is 30.1 Å². The molecule has 6 N–H and O–H groups in total. The Balaban J connectivity index is 1.90. The molecule has 0 aliphatic carbocycles. The fraction of sp³-hybridized carbons (Fsp3) is 0.455. The smallest absolute Gasteiger partial charge is 0.334 e. The van der Waals surface area contributed by atoms with Crippen LogP contribution in [0, 0.1) is 0 Å². The van der Waals surface area contributed by atoms with Crippen molar-refractivity contribution in [1.82, 2.24) is 24.4 Å². The summed E-state index contributed by atoms with van der Waals surface area (Å²) in [6.45, 7) is -0.0955. The highest BCUT2D eigenvalue weighted by Gasteiger charge is 2.37. The first-order valence-electron chi connectivity index (χ1n) is 6.88. The molecule has 0 bridgehead atoms. The topological polar surface area (TPSA) is 188 Å². The van der Waals surface area contributed by atoms with E-state index in [-0.39, 0.29) is 30.2 Å². The largest absolute Gasteiger partial charge is 0.389 e. The number of anilines is 1. The maximum absolute atomic E-state index is 11.9. The van der Waals surface area contributed by atoms with E-state index < -0.39 is 37.4 Å². The SMILES string of the molecule is Nc1nc2c(ncn2[C@@H]2CN(C(=O)CP(=O)(O)O)C[C@@H]2O)c(=O)[nH]1. The Morgan fingerprint density at radius 3 is 2.83 bits per heavy atom. The molecule has 13 heteroatoms. The average molecular weight is 358 g/mol. The van der Waals surface area contributed by atoms with E-state index in [1.54, 1.807) is 0 Å². The Bertz CT molecular complexity index is 902. The lowest BCUT2D eigenvalue weighted by Gasteiger charge is -2.17. The van der Waals surface area contributed by atoms with Crippen molar-refractivity contribution in [2.24, 2.45) is 0 Å². The normalized spacial score (nSPS) is 21.5. The summed E-state index contributed by atoms with van der Waals surface area (Å²) < 4.78 is 12.4. The highest BCUT2D eigenvalue weighted by atomic mass is 31.2. The minimum absolute atomic E-state index is 0.000155. The van der Waals surface area contributed by atoms with Gasteiger partial charge in [-0.1, -0.05) is 0 Å². The lowest BCUT2D eigenvalue weighted by molar-refractivity contribution is -0.128. The fourth-order valence-electron chi connectivity index (χ4n) is 2.71. The molecule has 0 aromatic carbocycles. The number of aromatic nitrogens is 4. The van der Waals surface area contributed by atoms with Crippen molar-refractivity contribution in [3.63, 3.8) is 0 Å².